The SMILES string of the molecule is CO[C@H]1[C@H](n2ccc(=O)[nH]c2=O)O[C@@]2(CC2CP(=O)(O)O)[C@H]1OC(C)C.[2H]/C(=C\P(=O)(O)CO)[C@H]1OC[C@H](OC)[C@@H]1OC(C)C.[2H]/C(=C\P(=O)(O)O)[C@H]1OC[C@H](OC)[C@@H]1OC(C)C.[2H]/C(=C\P(C)(=O)O)[C@H]1OC[C@H](OC)[C@@H]1OC(C)C.[2H]/C(=C\P(C)(=O)O)[C@H]1O[C@@H](c2ccccc2)[C@H](OC)[C@@H]1OC(C)C. The van der Waals surface area contributed by atoms with Gasteiger partial charge in [0.15, 0.2) is 6.23 Å². The van der Waals surface area contributed by atoms with Gasteiger partial charge in [0, 0.05) is 78.7 Å². The van der Waals surface area contributed by atoms with E-state index in [9.17, 15) is 56.9 Å². The van der Waals surface area contributed by atoms with E-state index in [4.69, 9.17) is 91.4 Å². The fourth-order valence-electron chi connectivity index (χ4n) is 11.1. The summed E-state index contributed by atoms with van der Waals surface area (Å²) in [4.78, 5) is 90.1. The Labute approximate surface area is 596 Å². The summed E-state index contributed by atoms with van der Waals surface area (Å²) in [7, 11) is -11.7. The van der Waals surface area contributed by atoms with Crippen LogP contribution in [0.25, 0.3) is 0 Å². The highest BCUT2D eigenvalue weighted by Gasteiger charge is 2.71. The smallest absolute Gasteiger partial charge is 0.348 e. The van der Waals surface area contributed by atoms with E-state index in [1.54, 1.807) is 14.2 Å². The molecule has 0 amide bonds. The summed E-state index contributed by atoms with van der Waals surface area (Å²) < 4.78 is 173. The summed E-state index contributed by atoms with van der Waals surface area (Å²) in [5, 5.41) is 8.76. The van der Waals surface area contributed by atoms with Crippen LogP contribution in [0.2, 0.25) is 0 Å². The Morgan fingerprint density at radius 3 is 1.36 bits per heavy atom. The van der Waals surface area contributed by atoms with E-state index >= 15 is 0 Å². The molecule has 0 bridgehead atoms. The number of hydrogen-bond donors (Lipinski definition) is 9. The van der Waals surface area contributed by atoms with E-state index in [1.807, 2.05) is 99.6 Å². The number of aromatic nitrogens is 2. The van der Waals surface area contributed by atoms with Crippen LogP contribution in [0.1, 0.15) is 99.0 Å². The minimum atomic E-state index is -4.39. The predicted molar refractivity (Wildman–Crippen MR) is 374 cm³/mol. The quantitative estimate of drug-likeness (QED) is 0.0406. The second-order valence-electron chi connectivity index (χ2n) is 25.9. The van der Waals surface area contributed by atoms with Crippen molar-refractivity contribution in [1.82, 2.24) is 9.55 Å². The summed E-state index contributed by atoms with van der Waals surface area (Å²) in [6, 6.07) is 10.2. The molecule has 21 atom stereocenters. The first-order valence-corrected chi connectivity index (χ1v) is 42.2. The van der Waals surface area contributed by atoms with Gasteiger partial charge in [0.2, 0.25) is 22.1 Å². The molecule has 8 rings (SSSR count). The third-order valence-electron chi connectivity index (χ3n) is 15.3. The van der Waals surface area contributed by atoms with Gasteiger partial charge in [-0.05, 0) is 117 Å². The van der Waals surface area contributed by atoms with Crippen LogP contribution < -0.4 is 11.2 Å². The van der Waals surface area contributed by atoms with E-state index in [-0.39, 0.29) is 92.4 Å². The Morgan fingerprint density at radius 2 is 0.980 bits per heavy atom. The second kappa shape index (κ2) is 40.9. The minimum Gasteiger partial charge on any atom is -0.386 e. The molecular formula is C64H109N2O30P5. The number of aliphatic hydroxyl groups excluding tert-OH is 1. The number of H-pyrrole nitrogens is 1. The third-order valence-corrected chi connectivity index (χ3v) is 18.9. The van der Waals surface area contributed by atoms with Crippen LogP contribution in [0.4, 0.5) is 0 Å². The Bertz CT molecular complexity index is 3480. The van der Waals surface area contributed by atoms with Crippen LogP contribution >= 0.6 is 37.3 Å². The largest absolute Gasteiger partial charge is 0.386 e. The first-order valence-electron chi connectivity index (χ1n) is 34.4. The molecule has 1 aromatic heterocycles. The van der Waals surface area contributed by atoms with Gasteiger partial charge in [-0.25, -0.2) is 4.79 Å². The van der Waals surface area contributed by atoms with Crippen molar-refractivity contribution < 1.29 is 139 Å². The van der Waals surface area contributed by atoms with Crippen molar-refractivity contribution in [3.8, 4) is 0 Å². The van der Waals surface area contributed by atoms with Crippen LogP contribution in [-0.2, 0) is 93.9 Å². The van der Waals surface area contributed by atoms with Gasteiger partial charge in [-0.1, -0.05) is 30.3 Å². The molecule has 1 saturated carbocycles. The highest BCUT2D eigenvalue weighted by atomic mass is 31.2. The van der Waals surface area contributed by atoms with Gasteiger partial charge in [0.05, 0.1) is 62.0 Å². The van der Waals surface area contributed by atoms with Crippen molar-refractivity contribution in [2.45, 2.75) is 210 Å². The van der Waals surface area contributed by atoms with Crippen molar-refractivity contribution in [3.05, 3.63) is 116 Å². The van der Waals surface area contributed by atoms with E-state index < -0.39 is 146 Å². The van der Waals surface area contributed by atoms with Crippen molar-refractivity contribution >= 4 is 37.3 Å². The lowest BCUT2D eigenvalue weighted by molar-refractivity contribution is -0.0869. The normalized spacial score (nSPS) is 33.2. The molecule has 37 heteroatoms. The van der Waals surface area contributed by atoms with Crippen molar-refractivity contribution in [2.24, 2.45) is 5.92 Å². The molecule has 5 saturated heterocycles. The van der Waals surface area contributed by atoms with Crippen molar-refractivity contribution in [2.75, 3.05) is 81.2 Å². The van der Waals surface area contributed by atoms with Gasteiger partial charge < -0.3 is 110 Å². The van der Waals surface area contributed by atoms with Gasteiger partial charge in [0.1, 0.15) is 104 Å². The molecule has 580 valence electrons. The standard InChI is InChI=1S/C17H25O5P.C15H23N2O8P.C11H21O6P.C11H21O5P.C10H19O6P/c1-12(2)21-16-14(10-11-23(4,18)19)22-15(17(16)20-3)13-8-6-5-7-9-13;1-8(2)24-12-11(23-3)13(17-5-4-10(18)16-14(17)19)25-15(12)6-9(15)7-26(20,21)22;1-8(2)17-11-9(16-6-10(11)15-3)4-5-18(13,14)7-12;1-8(2)16-11-9(5-6-17(4,12)13)15-7-10(11)14-3;1-7(2)16-10-8(4-5-17(11,12)13)15-6-9(10)14-3/h5-12,14-17H,1-4H3,(H,18,19);4-5,8-9,11-13H,6-7H2,1-3H3,(H,16,18,19)(H2,20,21,22);4-5,8-12H,6-7H2,1-3H3,(H,13,14);5-6,8-11H,7H2,1-4H3,(H,12,13);4-5,7-10H,6H2,1-3H3,(H2,11,12,13)/b11-10+;;5-4+;6-5+;5-4+/t14-,15+,16-,17+;9?,11-,12+,13-,15-;2*9-,10+,11-;8-,9+,10-/m11111/s1/i10D;;4D;5D;4D. The number of hydrogen-bond acceptors (Lipinski definition) is 23. The molecule has 2 aromatic rings. The van der Waals surface area contributed by atoms with Gasteiger partial charge in [-0.2, -0.15) is 0 Å². The van der Waals surface area contributed by atoms with Gasteiger partial charge in [-0.15, -0.1) is 0 Å². The lowest BCUT2D eigenvalue weighted by Gasteiger charge is -2.26. The monoisotopic (exact) mass is 1540 g/mol. The summed E-state index contributed by atoms with van der Waals surface area (Å²) in [6.45, 7) is 21.7. The molecule has 0 radical (unpaired) electrons. The molecule has 32 nitrogen and oxygen atoms in total. The van der Waals surface area contributed by atoms with Gasteiger partial charge in [0.25, 0.3) is 5.56 Å². The van der Waals surface area contributed by atoms with E-state index in [1.165, 1.54) is 51.5 Å². The van der Waals surface area contributed by atoms with Crippen LogP contribution in [0.5, 0.6) is 0 Å². The van der Waals surface area contributed by atoms with E-state index in [2.05, 4.69) is 4.98 Å². The molecule has 1 aromatic carbocycles. The predicted octanol–water partition coefficient (Wildman–Crippen LogP) is 6.58. The molecular weight excluding hydrogens is 1430 g/mol. The molecule has 6 aliphatic rings. The maximum atomic E-state index is 12.2. The zero-order valence-electron chi connectivity index (χ0n) is 64.0. The molecule has 1 aliphatic carbocycles. The van der Waals surface area contributed by atoms with E-state index in [0.29, 0.717) is 18.8 Å². The van der Waals surface area contributed by atoms with Crippen molar-refractivity contribution in [3.63, 3.8) is 0 Å². The second-order valence-corrected chi connectivity index (χ2v) is 35.3. The average molecular weight is 1550 g/mol. The summed E-state index contributed by atoms with van der Waals surface area (Å²) in [5.41, 5.74) is -1.21. The molecule has 9 N–H and O–H groups in total. The zero-order chi connectivity index (χ0) is 79.7. The number of nitrogens with one attached hydrogen (secondary N) is 1. The molecule has 101 heavy (non-hydrogen) atoms. The Balaban J connectivity index is 0.000000280. The van der Waals surface area contributed by atoms with Crippen LogP contribution in [0.3, 0.4) is 0 Å². The number of rotatable bonds is 28. The maximum Gasteiger partial charge on any atom is 0.348 e. The topological polar surface area (TPSA) is 441 Å². The highest BCUT2D eigenvalue weighted by molar-refractivity contribution is 7.61. The first-order chi connectivity index (χ1) is 48.6. The molecule has 4 unspecified atom stereocenters. The minimum absolute atomic E-state index is 0.0338. The van der Waals surface area contributed by atoms with Crippen LogP contribution in [0, 0.1) is 5.92 Å². The molecule has 5 aliphatic heterocycles. The van der Waals surface area contributed by atoms with Crippen molar-refractivity contribution in [1.29, 1.82) is 0 Å². The average Bonchev–Trinajstić information content (AvgIpc) is 1.53. The number of nitrogens with zero attached hydrogens (tertiary/aromatic N) is 1. The number of methoxy groups -OCH3 is 5. The van der Waals surface area contributed by atoms with Crippen LogP contribution in [0.15, 0.2) is 99.7 Å². The molecule has 6 fully saturated rings. The number of aliphatic hydroxyl groups is 1. The molecule has 6 heterocycles. The lowest BCUT2D eigenvalue weighted by atomic mass is 10.0. The Morgan fingerprint density at radius 1 is 0.564 bits per heavy atom. The summed E-state index contributed by atoms with van der Waals surface area (Å²) in [5.74, 6) is 3.10. The zero-order valence-corrected chi connectivity index (χ0v) is 64.5. The number of benzene rings is 1. The fourth-order valence-corrected chi connectivity index (χ4v) is 13.8. The van der Waals surface area contributed by atoms with Gasteiger partial charge in [-0.3, -0.25) is 37.2 Å². The third kappa shape index (κ3) is 30.0. The maximum absolute atomic E-state index is 12.2. The number of aromatic amines is 1. The summed E-state index contributed by atoms with van der Waals surface area (Å²) in [6.07, 6.45) is -8.92. The number of ether oxygens (including phenoxy) is 15. The van der Waals surface area contributed by atoms with Gasteiger partial charge >= 0.3 is 20.9 Å². The van der Waals surface area contributed by atoms with Crippen LogP contribution in [-0.4, -0.2) is 252 Å². The van der Waals surface area contributed by atoms with E-state index in [0.717, 1.165) is 23.0 Å². The summed E-state index contributed by atoms with van der Waals surface area (Å²) >= 11 is 0. The Hall–Kier alpha value is -2.91. The highest BCUT2D eigenvalue weighted by Crippen LogP contribution is 2.62. The fraction of sp³-hybridized carbons (Fsp3) is 0.719. The Kier molecular flexibility index (Phi) is 33.9. The first kappa shape index (κ1) is 83.7. The molecule has 1 spiro atoms. The lowest BCUT2D eigenvalue weighted by Crippen LogP contribution is -2.41.